The van der Waals surface area contributed by atoms with Crippen LogP contribution in [-0.2, 0) is 101 Å². The minimum Gasteiger partial charge on any atom is -0.490 e. The van der Waals surface area contributed by atoms with Gasteiger partial charge in [-0.2, -0.15) is 0 Å². The summed E-state index contributed by atoms with van der Waals surface area (Å²) >= 11 is 39.9. The zero-order valence-electron chi connectivity index (χ0n) is 82.3. The molecule has 20 rings (SSSR count). The number of nitrogens with zero attached hydrogens (tertiary/aromatic N) is 5. The molecule has 0 saturated heterocycles. The van der Waals surface area contributed by atoms with Gasteiger partial charge < -0.3 is 78.5 Å². The van der Waals surface area contributed by atoms with Gasteiger partial charge in [0.2, 0.25) is 5.91 Å². The predicted octanol–water partition coefficient (Wildman–Crippen LogP) is 25.2. The number of carboxylic acids is 1. The molecule has 8 aromatic carbocycles. The van der Waals surface area contributed by atoms with Gasteiger partial charge in [0, 0.05) is 157 Å². The molecule has 0 bridgehead atoms. The van der Waals surface area contributed by atoms with Crippen molar-refractivity contribution >= 4 is 87.5 Å². The van der Waals surface area contributed by atoms with Crippen LogP contribution in [-0.4, -0.2) is 148 Å². The Morgan fingerprint density at radius 1 is 0.378 bits per heavy atom. The number of para-hydroxylation sites is 4. The highest BCUT2D eigenvalue weighted by Crippen LogP contribution is 2.58. The normalized spacial score (nSPS) is 16.7. The van der Waals surface area contributed by atoms with Crippen LogP contribution in [0.4, 0.5) is 0 Å². The van der Waals surface area contributed by atoms with E-state index in [0.717, 1.165) is 257 Å². The van der Waals surface area contributed by atoms with Crippen molar-refractivity contribution in [3.05, 3.63) is 329 Å². The van der Waals surface area contributed by atoms with Crippen molar-refractivity contribution in [2.75, 3.05) is 20.3 Å². The van der Waals surface area contributed by atoms with Gasteiger partial charge >= 0.3 is 11.9 Å². The van der Waals surface area contributed by atoms with E-state index in [1.165, 1.54) is 12.0 Å². The average Bonchev–Trinajstić information content (AvgIpc) is 1.61. The maximum Gasteiger partial charge on any atom is 0.305 e. The molecule has 148 heavy (non-hydrogen) atoms. The molecule has 0 unspecified atom stereocenters. The minimum absolute atomic E-state index is 0. The van der Waals surface area contributed by atoms with Gasteiger partial charge in [-0.25, -0.2) is 0 Å². The summed E-state index contributed by atoms with van der Waals surface area (Å²) in [6.45, 7) is 0.0839. The Morgan fingerprint density at radius 3 is 1.01 bits per heavy atom. The van der Waals surface area contributed by atoms with Crippen molar-refractivity contribution in [1.82, 2.24) is 24.8 Å². The van der Waals surface area contributed by atoms with E-state index in [9.17, 15) is 39.9 Å². The maximum atomic E-state index is 13.4. The van der Waals surface area contributed by atoms with Crippen LogP contribution in [0, 0.1) is 0 Å². The molecule has 8 aliphatic rings. The number of aromatic nitrogens is 4. The summed E-state index contributed by atoms with van der Waals surface area (Å²) < 4.78 is 49.0. The second kappa shape index (κ2) is 51.0. The molecule has 29 heteroatoms. The summed E-state index contributed by atoms with van der Waals surface area (Å²) in [4.78, 5) is 54.3. The van der Waals surface area contributed by atoms with Crippen LogP contribution >= 0.6 is 69.6 Å². The second-order valence-electron chi connectivity index (χ2n) is 39.6. The number of hydrogen-bond acceptors (Lipinski definition) is 21. The van der Waals surface area contributed by atoms with E-state index in [1.54, 1.807) is 18.6 Å². The van der Waals surface area contributed by atoms with E-state index in [2.05, 4.69) is 44.2 Å². The summed E-state index contributed by atoms with van der Waals surface area (Å²) in [6, 6.07) is 61.1. The zero-order valence-corrected chi connectivity index (χ0v) is 86.8. The number of hydrogen-bond donors (Lipinski definition) is 7. The first-order valence-electron chi connectivity index (χ1n) is 51.1. The largest absolute Gasteiger partial charge is 0.490 e. The molecule has 8 fully saturated rings. The van der Waals surface area contributed by atoms with Gasteiger partial charge in [0.1, 0.15) is 47.4 Å². The van der Waals surface area contributed by atoms with Crippen LogP contribution in [0.3, 0.4) is 0 Å². The number of aliphatic hydroxyl groups is 6. The zero-order chi connectivity index (χ0) is 103. The molecule has 4 aromatic heterocycles. The van der Waals surface area contributed by atoms with Crippen molar-refractivity contribution in [2.24, 2.45) is 0 Å². The average molecular weight is 2130 g/mol. The molecule has 4 atom stereocenters. The number of aliphatic hydroxyl groups excluding tert-OH is 5. The Labute approximate surface area is 895 Å². The van der Waals surface area contributed by atoms with Gasteiger partial charge in [-0.1, -0.05) is 180 Å². The number of benzene rings is 8. The highest BCUT2D eigenvalue weighted by Gasteiger charge is 2.51. The number of ether oxygens (including phenoxy) is 8. The SMILES string of the molecule is C.COC(=O)CCCCc1cc(Cl)c(COC2(c3cnccc3-c3ccccc3OC3CC3)CC2)cc1Cl.O=C(CCCCc1cc(Cl)c(COC2(c3cnccc3-c3ccccc3OC3CC3)CC2)cc1Cl)N(Cc1ccccc1)C[C@@H](O)[C@H](O)[C@H](O)[C@H](O)CO.O=C(O)CCCCc1cc(Cl)c(COC2(c3cnccc3-c3ccccc3OC3CC3)CC2)cc1Cl.OC1(c2cnccc2-c2ccccc2OC2CC2)CC1. The number of carboxylic acid groups (broad SMARTS) is 1. The van der Waals surface area contributed by atoms with Crippen molar-refractivity contribution in [2.45, 2.75) is 285 Å². The molecule has 0 aliphatic heterocycles. The lowest BCUT2D eigenvalue weighted by atomic mass is 9.96. The predicted molar refractivity (Wildman–Crippen MR) is 575 cm³/mol. The van der Waals surface area contributed by atoms with Crippen LogP contribution < -0.4 is 18.9 Å². The highest BCUT2D eigenvalue weighted by molar-refractivity contribution is 6.35. The van der Waals surface area contributed by atoms with Gasteiger partial charge in [-0.05, 0) is 307 Å². The van der Waals surface area contributed by atoms with Crippen LogP contribution in [0.1, 0.15) is 229 Å². The van der Waals surface area contributed by atoms with Gasteiger partial charge in [0.15, 0.2) is 0 Å². The van der Waals surface area contributed by atoms with Gasteiger partial charge in [0.05, 0.1) is 80.4 Å². The summed E-state index contributed by atoms with van der Waals surface area (Å²) in [6.07, 6.45) is 32.0. The molecule has 23 nitrogen and oxygen atoms in total. The van der Waals surface area contributed by atoms with Gasteiger partial charge in [-0.15, -0.1) is 0 Å². The number of unbranched alkanes of at least 4 members (excludes halogenated alkanes) is 3. The third-order valence-electron chi connectivity index (χ3n) is 28.0. The smallest absolute Gasteiger partial charge is 0.305 e. The molecule has 8 aliphatic carbocycles. The van der Waals surface area contributed by atoms with Crippen molar-refractivity contribution in [3.8, 4) is 67.5 Å². The lowest BCUT2D eigenvalue weighted by Crippen LogP contribution is -2.50. The number of amides is 1. The fraction of sp³-hybridized carbons (Fsp3) is 0.403. The van der Waals surface area contributed by atoms with Crippen LogP contribution in [0.2, 0.25) is 30.1 Å². The number of carbonyl (C=O) groups is 3. The number of carbonyl (C=O) groups excluding carboxylic acids is 2. The van der Waals surface area contributed by atoms with E-state index in [4.69, 9.17) is 118 Å². The third-order valence-corrected chi connectivity index (χ3v) is 30.1. The summed E-state index contributed by atoms with van der Waals surface area (Å²) in [5.74, 6) is 2.36. The van der Waals surface area contributed by atoms with Crippen molar-refractivity contribution in [3.63, 3.8) is 0 Å². The lowest BCUT2D eigenvalue weighted by Gasteiger charge is -2.30. The number of aliphatic carboxylic acids is 1. The summed E-state index contributed by atoms with van der Waals surface area (Å²) in [5.41, 5.74) is 16.6. The number of rotatable bonds is 48. The van der Waals surface area contributed by atoms with E-state index in [-0.39, 0.29) is 57.9 Å². The van der Waals surface area contributed by atoms with E-state index in [1.807, 2.05) is 195 Å². The number of halogens is 6. The van der Waals surface area contributed by atoms with Gasteiger partial charge in [0.25, 0.3) is 0 Å². The highest BCUT2D eigenvalue weighted by atomic mass is 35.5. The number of methoxy groups -OCH3 is 1. The number of pyridine rings is 4. The van der Waals surface area contributed by atoms with E-state index < -0.39 is 59.4 Å². The molecule has 7 N–H and O–H groups in total. The Bertz CT molecular complexity index is 6530. The first kappa shape index (κ1) is 110. The Kier molecular flexibility index (Phi) is 37.9. The summed E-state index contributed by atoms with van der Waals surface area (Å²) in [5, 5.41) is 72.8. The van der Waals surface area contributed by atoms with Crippen molar-refractivity contribution in [1.29, 1.82) is 0 Å². The molecule has 0 radical (unpaired) electrons. The quantitative estimate of drug-likeness (QED) is 0.0138. The number of aryl methyl sites for hydroxylation is 3. The third kappa shape index (κ3) is 29.4. The van der Waals surface area contributed by atoms with Gasteiger partial charge in [-0.3, -0.25) is 34.3 Å². The molecular weight excluding hydrogens is 2000 g/mol. The van der Waals surface area contributed by atoms with Crippen LogP contribution in [0.25, 0.3) is 44.5 Å². The van der Waals surface area contributed by atoms with E-state index in [0.29, 0.717) is 100 Å². The first-order valence-corrected chi connectivity index (χ1v) is 53.4. The number of esters is 1. The summed E-state index contributed by atoms with van der Waals surface area (Å²) in [7, 11) is 1.41. The molecule has 780 valence electrons. The fourth-order valence-electron chi connectivity index (χ4n) is 18.2. The molecule has 4 heterocycles. The Hall–Kier alpha value is -10.7. The molecule has 1 amide bonds. The van der Waals surface area contributed by atoms with Crippen LogP contribution in [0.15, 0.2) is 238 Å². The molecule has 0 spiro atoms. The van der Waals surface area contributed by atoms with Crippen LogP contribution in [0.5, 0.6) is 23.0 Å². The molecule has 12 aromatic rings. The topological polar surface area (TPSA) is 321 Å². The monoisotopic (exact) mass is 2130 g/mol. The lowest BCUT2D eigenvalue weighted by molar-refractivity contribution is -0.141. The van der Waals surface area contributed by atoms with Crippen molar-refractivity contribution < 1.29 is 88.0 Å². The molecule has 8 saturated carbocycles. The fourth-order valence-corrected chi connectivity index (χ4v) is 19.8. The first-order chi connectivity index (χ1) is 71.3. The Balaban J connectivity index is 0.000000147. The van der Waals surface area contributed by atoms with E-state index >= 15 is 0 Å². The maximum absolute atomic E-state index is 13.4. The Morgan fingerprint density at radius 2 is 0.682 bits per heavy atom. The minimum atomic E-state index is -1.78. The molecular formula is C119H129Cl6N5O18. The second-order valence-corrected chi connectivity index (χ2v) is 42.0. The standard InChI is InChI=1S/C42H48Cl2N2O8.C30H31Cl2NO4.C29H29Cl2NO4.C17H17NO2.CH4/c43-34-21-29(26-53-42(17-18-42)33-22-45-19-16-31(33)32-11-5-6-12-38(32)54-30-14-15-30)35(44)20-28(34)10-4-7-13-39(50)46(23-27-8-2-1-3-9-27)24-36(48)40(51)41(52)37(49)25-47;1-35-29(34)9-5-2-6-20-16-27(32)21(17-26(20)31)19-36-30(13-14-30)25-18-33-15-12-23(25)24-7-3-4-8-28(24)37-22-10-11-22;30-25-16-20(26(31)15-19(25)5-1-4-8-28(33)34)18-35-29(12-13-29)24-17-32-14-11-22(24)23-6-2-3-7-27(23)36-21-9-10-21;19-17(8-9-17)15-11-18-10-7-13(15)14-3-1-2-4-16(14)20-12-5-6-12;/h1-3,5-6,8-9,11-12,16,19-22,30,36-37,40-41,47-49,51-52H,4,7,10,13-15,17-18,23-26H2;3-4,7-8,12,15-18,22H,2,5-6,9-11,13-14,19H2,1H3;2-3,6-7,11,14-17,21H,1,4-5,8-10,12-13,18H2,(H,33,34);1-4,7,10-12,19H,5-6,8-9H2;1H4/t36-,37-,40+,41-;;;;/m1..../s1.